The van der Waals surface area contributed by atoms with Gasteiger partial charge in [0.1, 0.15) is 5.60 Å². The summed E-state index contributed by atoms with van der Waals surface area (Å²) in [5, 5.41) is 0. The summed E-state index contributed by atoms with van der Waals surface area (Å²) >= 11 is 0. The van der Waals surface area contributed by atoms with Crippen molar-refractivity contribution in [2.24, 2.45) is 0 Å². The quantitative estimate of drug-likeness (QED) is 0.793. The van der Waals surface area contributed by atoms with Gasteiger partial charge in [0, 0.05) is 0 Å². The number of cyclic esters (lactones) is 1. The number of amides is 2. The summed E-state index contributed by atoms with van der Waals surface area (Å²) in [5.41, 5.74) is -0.650. The molecule has 0 bridgehead atoms. The van der Waals surface area contributed by atoms with Crippen molar-refractivity contribution in [3.63, 3.8) is 0 Å². The van der Waals surface area contributed by atoms with Gasteiger partial charge in [-0.25, -0.2) is 14.5 Å². The van der Waals surface area contributed by atoms with Crippen molar-refractivity contribution in [1.82, 2.24) is 4.90 Å². The van der Waals surface area contributed by atoms with E-state index >= 15 is 0 Å². The smallest absolute Gasteiger partial charge is 0.420 e. The molecule has 0 aromatic heterocycles. The molecule has 0 aliphatic carbocycles. The zero-order valence-electron chi connectivity index (χ0n) is 14.0. The Hall–Kier alpha value is -2.30. The average Bonchev–Trinajstić information content (AvgIpc) is 2.70. The van der Waals surface area contributed by atoms with Crippen molar-refractivity contribution in [2.45, 2.75) is 51.4 Å². The van der Waals surface area contributed by atoms with E-state index in [4.69, 9.17) is 9.47 Å². The van der Waals surface area contributed by atoms with E-state index in [0.29, 0.717) is 6.42 Å². The van der Waals surface area contributed by atoms with Crippen LogP contribution in [0.1, 0.15) is 33.3 Å². The van der Waals surface area contributed by atoms with Crippen LogP contribution in [0.4, 0.5) is 9.59 Å². The molecule has 0 unspecified atom stereocenters. The van der Waals surface area contributed by atoms with Gasteiger partial charge in [0.15, 0.2) is 5.60 Å². The zero-order chi connectivity index (χ0) is 17.3. The van der Waals surface area contributed by atoms with Gasteiger partial charge in [0.25, 0.3) is 0 Å². The highest BCUT2D eigenvalue weighted by molar-refractivity contribution is 5.90. The molecule has 2 rings (SSSR count). The Labute approximate surface area is 136 Å². The minimum atomic E-state index is -0.955. The van der Waals surface area contributed by atoms with E-state index in [2.05, 4.69) is 6.58 Å². The van der Waals surface area contributed by atoms with Gasteiger partial charge in [0.05, 0.1) is 6.04 Å². The van der Waals surface area contributed by atoms with Gasteiger partial charge in [0.2, 0.25) is 0 Å². The molecule has 0 radical (unpaired) electrons. The summed E-state index contributed by atoms with van der Waals surface area (Å²) in [5.74, 6) is 0. The predicted molar refractivity (Wildman–Crippen MR) is 87.1 cm³/mol. The van der Waals surface area contributed by atoms with E-state index in [1.165, 1.54) is 0 Å². The third-order valence-electron chi connectivity index (χ3n) is 3.74. The Morgan fingerprint density at radius 1 is 1.39 bits per heavy atom. The molecule has 2 atom stereocenters. The van der Waals surface area contributed by atoms with Crippen LogP contribution in [0.3, 0.4) is 0 Å². The number of nitrogens with zero attached hydrogens (tertiary/aromatic N) is 1. The molecule has 1 aromatic carbocycles. The second-order valence-electron chi connectivity index (χ2n) is 6.81. The normalized spacial score (nSPS) is 24.3. The summed E-state index contributed by atoms with van der Waals surface area (Å²) < 4.78 is 10.7. The molecule has 2 amide bonds. The molecule has 1 aliphatic rings. The van der Waals surface area contributed by atoms with Crippen molar-refractivity contribution < 1.29 is 19.1 Å². The minimum Gasteiger partial charge on any atom is -0.443 e. The lowest BCUT2D eigenvalue weighted by Crippen LogP contribution is -2.48. The number of rotatable bonds is 3. The van der Waals surface area contributed by atoms with Crippen LogP contribution in [0.5, 0.6) is 0 Å². The lowest BCUT2D eigenvalue weighted by molar-refractivity contribution is 0.0277. The topological polar surface area (TPSA) is 55.8 Å². The Bertz CT molecular complexity index is 605. The van der Waals surface area contributed by atoms with E-state index in [0.717, 1.165) is 10.5 Å². The Morgan fingerprint density at radius 2 is 2.00 bits per heavy atom. The van der Waals surface area contributed by atoms with E-state index in [1.807, 2.05) is 30.3 Å². The largest absolute Gasteiger partial charge is 0.443 e. The van der Waals surface area contributed by atoms with Crippen LogP contribution >= 0.6 is 0 Å². The van der Waals surface area contributed by atoms with Gasteiger partial charge in [-0.05, 0) is 45.8 Å². The summed E-state index contributed by atoms with van der Waals surface area (Å²) in [7, 11) is 0. The van der Waals surface area contributed by atoms with E-state index in [9.17, 15) is 9.59 Å². The number of carbonyl (C=O) groups is 2. The third kappa shape index (κ3) is 3.73. The number of hydrogen-bond donors (Lipinski definition) is 0. The standard InChI is InChI=1S/C18H23NO4/c1-6-18(5)14(12-13-10-8-7-9-11-13)19(16(21)23-18)15(20)22-17(2,3)4/h6-11,14H,1,12H2,2-5H3/t14-,18+/m1/s1. The highest BCUT2D eigenvalue weighted by Crippen LogP contribution is 2.34. The van der Waals surface area contributed by atoms with Crippen molar-refractivity contribution in [1.29, 1.82) is 0 Å². The van der Waals surface area contributed by atoms with Crippen LogP contribution in [0.25, 0.3) is 0 Å². The van der Waals surface area contributed by atoms with Gasteiger partial charge in [-0.15, -0.1) is 0 Å². The molecule has 1 aliphatic heterocycles. The van der Waals surface area contributed by atoms with Crippen LogP contribution in [0, 0.1) is 0 Å². The molecule has 5 heteroatoms. The summed E-state index contributed by atoms with van der Waals surface area (Å²) in [6.45, 7) is 10.8. The SMILES string of the molecule is C=C[C@]1(C)OC(=O)N(C(=O)OC(C)(C)C)[C@@H]1Cc1ccccc1. The predicted octanol–water partition coefficient (Wildman–Crippen LogP) is 3.93. The van der Waals surface area contributed by atoms with Gasteiger partial charge in [-0.1, -0.05) is 36.9 Å². The van der Waals surface area contributed by atoms with Crippen molar-refractivity contribution >= 4 is 12.2 Å². The van der Waals surface area contributed by atoms with E-state index < -0.39 is 29.4 Å². The van der Waals surface area contributed by atoms with Crippen molar-refractivity contribution in [3.8, 4) is 0 Å². The van der Waals surface area contributed by atoms with Gasteiger partial charge >= 0.3 is 12.2 Å². The fourth-order valence-electron chi connectivity index (χ4n) is 2.51. The van der Waals surface area contributed by atoms with Crippen LogP contribution < -0.4 is 0 Å². The highest BCUT2D eigenvalue weighted by atomic mass is 16.6. The second kappa shape index (κ2) is 6.07. The molecule has 0 N–H and O–H groups in total. The molecule has 1 heterocycles. The van der Waals surface area contributed by atoms with Crippen LogP contribution in [-0.4, -0.2) is 34.3 Å². The number of imide groups is 1. The molecule has 23 heavy (non-hydrogen) atoms. The first-order valence-electron chi connectivity index (χ1n) is 7.59. The zero-order valence-corrected chi connectivity index (χ0v) is 14.0. The Balaban J connectivity index is 2.32. The number of ether oxygens (including phenoxy) is 2. The van der Waals surface area contributed by atoms with Gasteiger partial charge in [-0.2, -0.15) is 0 Å². The highest BCUT2D eigenvalue weighted by Gasteiger charge is 2.53. The maximum Gasteiger partial charge on any atom is 0.420 e. The van der Waals surface area contributed by atoms with Gasteiger partial charge in [-0.3, -0.25) is 0 Å². The maximum atomic E-state index is 12.4. The van der Waals surface area contributed by atoms with Crippen molar-refractivity contribution in [3.05, 3.63) is 48.6 Å². The molecule has 1 saturated heterocycles. The molecule has 124 valence electrons. The summed E-state index contributed by atoms with van der Waals surface area (Å²) in [6.07, 6.45) is 0.619. The Morgan fingerprint density at radius 3 is 2.52 bits per heavy atom. The molecular formula is C18H23NO4. The summed E-state index contributed by atoms with van der Waals surface area (Å²) in [4.78, 5) is 25.7. The maximum absolute atomic E-state index is 12.4. The number of benzene rings is 1. The first-order valence-corrected chi connectivity index (χ1v) is 7.59. The minimum absolute atomic E-state index is 0.467. The van der Waals surface area contributed by atoms with Crippen LogP contribution in [-0.2, 0) is 15.9 Å². The summed E-state index contributed by atoms with van der Waals surface area (Å²) in [6, 6.07) is 9.12. The monoisotopic (exact) mass is 317 g/mol. The molecule has 0 spiro atoms. The van der Waals surface area contributed by atoms with Crippen molar-refractivity contribution in [2.75, 3.05) is 0 Å². The lowest BCUT2D eigenvalue weighted by Gasteiger charge is -2.30. The van der Waals surface area contributed by atoms with E-state index in [1.54, 1.807) is 33.8 Å². The fourth-order valence-corrected chi connectivity index (χ4v) is 2.51. The van der Waals surface area contributed by atoms with E-state index in [-0.39, 0.29) is 0 Å². The molecule has 5 nitrogen and oxygen atoms in total. The fraction of sp³-hybridized carbons (Fsp3) is 0.444. The molecule has 0 saturated carbocycles. The van der Waals surface area contributed by atoms with Gasteiger partial charge < -0.3 is 9.47 Å². The average molecular weight is 317 g/mol. The van der Waals surface area contributed by atoms with Crippen LogP contribution in [0.15, 0.2) is 43.0 Å². The number of hydrogen-bond acceptors (Lipinski definition) is 4. The lowest BCUT2D eigenvalue weighted by atomic mass is 9.91. The van der Waals surface area contributed by atoms with Crippen LogP contribution in [0.2, 0.25) is 0 Å². The molecule has 1 aromatic rings. The number of carbonyl (C=O) groups excluding carboxylic acids is 2. The second-order valence-corrected chi connectivity index (χ2v) is 6.81. The third-order valence-corrected chi connectivity index (χ3v) is 3.74. The first-order chi connectivity index (χ1) is 10.7. The Kier molecular flexibility index (Phi) is 4.50. The molecular weight excluding hydrogens is 294 g/mol. The first kappa shape index (κ1) is 17.1. The molecule has 1 fully saturated rings.